The Bertz CT molecular complexity index is 651. The molecule has 0 atom stereocenters. The molecular formula is C16H20N4O2. The lowest BCUT2D eigenvalue weighted by atomic mass is 9.92. The van der Waals surface area contributed by atoms with E-state index < -0.39 is 5.97 Å². The van der Waals surface area contributed by atoms with Crippen LogP contribution in [0.15, 0.2) is 30.5 Å². The Balaban J connectivity index is 2.35. The number of aliphatic carboxylic acids is 1. The largest absolute Gasteiger partial charge is 0.481 e. The third kappa shape index (κ3) is 4.25. The average molecular weight is 300 g/mol. The van der Waals surface area contributed by atoms with Crippen molar-refractivity contribution in [2.24, 2.45) is 0 Å². The van der Waals surface area contributed by atoms with E-state index in [0.717, 1.165) is 5.69 Å². The number of carboxylic acid groups (broad SMARTS) is 1. The highest BCUT2D eigenvalue weighted by Crippen LogP contribution is 2.25. The summed E-state index contributed by atoms with van der Waals surface area (Å²) < 4.78 is 0. The van der Waals surface area contributed by atoms with Crippen molar-refractivity contribution in [1.82, 2.24) is 15.0 Å². The number of anilines is 1. The van der Waals surface area contributed by atoms with Gasteiger partial charge in [0.2, 0.25) is 0 Å². The smallest absolute Gasteiger partial charge is 0.305 e. The highest BCUT2D eigenvalue weighted by atomic mass is 16.4. The number of carbonyl (C=O) groups is 1. The standard InChI is InChI=1S/C16H20N4O2/c1-16(2,3)12-10-13(18-9-7-14(21)22)20-15(19-12)11-6-4-5-8-17-11/h4-6,8,10H,7,9H2,1-3H3,(H,21,22)(H,18,19,20). The molecule has 6 nitrogen and oxygen atoms in total. The normalized spacial score (nSPS) is 11.2. The molecule has 0 fully saturated rings. The van der Waals surface area contributed by atoms with E-state index in [4.69, 9.17) is 5.11 Å². The molecule has 0 aliphatic heterocycles. The molecule has 0 bridgehead atoms. The molecule has 0 amide bonds. The first-order valence-electron chi connectivity index (χ1n) is 7.13. The number of nitrogens with zero attached hydrogens (tertiary/aromatic N) is 3. The van der Waals surface area contributed by atoms with Crippen LogP contribution in [0.3, 0.4) is 0 Å². The molecule has 0 saturated carbocycles. The number of carboxylic acids is 1. The van der Waals surface area contributed by atoms with Crippen molar-refractivity contribution >= 4 is 11.8 Å². The van der Waals surface area contributed by atoms with Gasteiger partial charge in [0.05, 0.1) is 12.1 Å². The number of hydrogen-bond donors (Lipinski definition) is 2. The molecule has 0 spiro atoms. The van der Waals surface area contributed by atoms with Gasteiger partial charge < -0.3 is 10.4 Å². The molecule has 6 heteroatoms. The molecule has 2 heterocycles. The Morgan fingerprint density at radius 1 is 1.27 bits per heavy atom. The monoisotopic (exact) mass is 300 g/mol. The predicted molar refractivity (Wildman–Crippen MR) is 84.7 cm³/mol. The maximum Gasteiger partial charge on any atom is 0.305 e. The van der Waals surface area contributed by atoms with Gasteiger partial charge in [0.15, 0.2) is 5.82 Å². The molecule has 2 rings (SSSR count). The second-order valence-corrected chi connectivity index (χ2v) is 6.00. The minimum Gasteiger partial charge on any atom is -0.481 e. The number of pyridine rings is 1. The van der Waals surface area contributed by atoms with E-state index in [9.17, 15) is 4.79 Å². The van der Waals surface area contributed by atoms with Crippen LogP contribution in [0.4, 0.5) is 5.82 Å². The maximum absolute atomic E-state index is 10.6. The fourth-order valence-electron chi connectivity index (χ4n) is 1.83. The molecule has 2 N–H and O–H groups in total. The van der Waals surface area contributed by atoms with Gasteiger partial charge in [0.25, 0.3) is 0 Å². The van der Waals surface area contributed by atoms with Crippen LogP contribution in [0.2, 0.25) is 0 Å². The van der Waals surface area contributed by atoms with Gasteiger partial charge in [-0.05, 0) is 12.1 Å². The molecule has 0 radical (unpaired) electrons. The average Bonchev–Trinajstić information content (AvgIpc) is 2.46. The van der Waals surface area contributed by atoms with E-state index in [2.05, 4.69) is 41.0 Å². The fourth-order valence-corrected chi connectivity index (χ4v) is 1.83. The van der Waals surface area contributed by atoms with E-state index in [1.165, 1.54) is 0 Å². The summed E-state index contributed by atoms with van der Waals surface area (Å²) in [6.45, 7) is 6.52. The predicted octanol–water partition coefficient (Wildman–Crippen LogP) is 2.72. The number of hydrogen-bond acceptors (Lipinski definition) is 5. The summed E-state index contributed by atoms with van der Waals surface area (Å²) >= 11 is 0. The molecule has 0 aliphatic rings. The first-order valence-corrected chi connectivity index (χ1v) is 7.13. The number of nitrogens with one attached hydrogen (secondary N) is 1. The Labute approximate surface area is 129 Å². The molecule has 116 valence electrons. The van der Waals surface area contributed by atoms with E-state index in [0.29, 0.717) is 23.9 Å². The van der Waals surface area contributed by atoms with Crippen molar-refractivity contribution in [3.63, 3.8) is 0 Å². The zero-order valence-corrected chi connectivity index (χ0v) is 13.0. The number of aromatic nitrogens is 3. The van der Waals surface area contributed by atoms with Crippen LogP contribution in [0.1, 0.15) is 32.9 Å². The topological polar surface area (TPSA) is 88.0 Å². The van der Waals surface area contributed by atoms with Crippen molar-refractivity contribution in [3.05, 3.63) is 36.2 Å². The van der Waals surface area contributed by atoms with Gasteiger partial charge in [-0.15, -0.1) is 0 Å². The molecule has 0 unspecified atom stereocenters. The van der Waals surface area contributed by atoms with Crippen LogP contribution >= 0.6 is 0 Å². The van der Waals surface area contributed by atoms with Crippen molar-refractivity contribution in [2.75, 3.05) is 11.9 Å². The molecule has 0 aromatic carbocycles. The van der Waals surface area contributed by atoms with Gasteiger partial charge in [-0.1, -0.05) is 26.8 Å². The van der Waals surface area contributed by atoms with E-state index >= 15 is 0 Å². The minimum absolute atomic E-state index is 0.0355. The third-order valence-corrected chi connectivity index (χ3v) is 3.03. The summed E-state index contributed by atoms with van der Waals surface area (Å²) in [4.78, 5) is 23.9. The summed E-state index contributed by atoms with van der Waals surface area (Å²) in [6, 6.07) is 7.42. The van der Waals surface area contributed by atoms with Crippen LogP contribution in [0, 0.1) is 0 Å². The quantitative estimate of drug-likeness (QED) is 0.882. The zero-order chi connectivity index (χ0) is 16.2. The molecule has 2 aromatic heterocycles. The van der Waals surface area contributed by atoms with Crippen LogP contribution in [-0.4, -0.2) is 32.6 Å². The molecule has 22 heavy (non-hydrogen) atoms. The summed E-state index contributed by atoms with van der Waals surface area (Å²) in [5.41, 5.74) is 1.42. The molecule has 0 saturated heterocycles. The maximum atomic E-state index is 10.6. The van der Waals surface area contributed by atoms with Gasteiger partial charge in [-0.25, -0.2) is 9.97 Å². The third-order valence-electron chi connectivity index (χ3n) is 3.03. The highest BCUT2D eigenvalue weighted by molar-refractivity contribution is 5.67. The van der Waals surface area contributed by atoms with Crippen LogP contribution in [-0.2, 0) is 10.2 Å². The summed E-state index contributed by atoms with van der Waals surface area (Å²) in [5, 5.41) is 11.8. The first kappa shape index (κ1) is 15.9. The van der Waals surface area contributed by atoms with Gasteiger partial charge in [-0.3, -0.25) is 9.78 Å². The fraction of sp³-hybridized carbons (Fsp3) is 0.375. The first-order chi connectivity index (χ1) is 10.4. The van der Waals surface area contributed by atoms with Crippen LogP contribution < -0.4 is 5.32 Å². The van der Waals surface area contributed by atoms with Gasteiger partial charge in [-0.2, -0.15) is 0 Å². The number of rotatable bonds is 5. The summed E-state index contributed by atoms with van der Waals surface area (Å²) in [5.74, 6) is 0.301. The second-order valence-electron chi connectivity index (χ2n) is 6.00. The molecule has 2 aromatic rings. The Morgan fingerprint density at radius 3 is 2.64 bits per heavy atom. The minimum atomic E-state index is -0.845. The van der Waals surface area contributed by atoms with Crippen molar-refractivity contribution in [1.29, 1.82) is 0 Å². The molecular weight excluding hydrogens is 280 g/mol. The van der Waals surface area contributed by atoms with Crippen molar-refractivity contribution < 1.29 is 9.90 Å². The van der Waals surface area contributed by atoms with Crippen LogP contribution in [0.5, 0.6) is 0 Å². The molecule has 0 aliphatic carbocycles. The SMILES string of the molecule is CC(C)(C)c1cc(NCCC(=O)O)nc(-c2ccccn2)n1. The Morgan fingerprint density at radius 2 is 2.05 bits per heavy atom. The summed E-state index contributed by atoms with van der Waals surface area (Å²) in [6.07, 6.45) is 1.73. The van der Waals surface area contributed by atoms with E-state index in [-0.39, 0.29) is 11.8 Å². The zero-order valence-electron chi connectivity index (χ0n) is 13.0. The van der Waals surface area contributed by atoms with Crippen LogP contribution in [0.25, 0.3) is 11.5 Å². The van der Waals surface area contributed by atoms with Gasteiger partial charge in [0, 0.05) is 24.2 Å². The van der Waals surface area contributed by atoms with Gasteiger partial charge >= 0.3 is 5.97 Å². The Kier molecular flexibility index (Phi) is 4.70. The summed E-state index contributed by atoms with van der Waals surface area (Å²) in [7, 11) is 0. The van der Waals surface area contributed by atoms with Crippen molar-refractivity contribution in [3.8, 4) is 11.5 Å². The van der Waals surface area contributed by atoms with E-state index in [1.54, 1.807) is 6.20 Å². The van der Waals surface area contributed by atoms with E-state index in [1.807, 2.05) is 24.3 Å². The lowest BCUT2D eigenvalue weighted by Crippen LogP contribution is -2.17. The van der Waals surface area contributed by atoms with Crippen molar-refractivity contribution in [2.45, 2.75) is 32.6 Å². The van der Waals surface area contributed by atoms with Gasteiger partial charge in [0.1, 0.15) is 11.5 Å². The second kappa shape index (κ2) is 6.51. The lowest BCUT2D eigenvalue weighted by molar-refractivity contribution is -0.136. The Hall–Kier alpha value is -2.50. The lowest BCUT2D eigenvalue weighted by Gasteiger charge is -2.19. The highest BCUT2D eigenvalue weighted by Gasteiger charge is 2.19.